The van der Waals surface area contributed by atoms with E-state index in [0.717, 1.165) is 5.69 Å². The quantitative estimate of drug-likeness (QED) is 0.816. The van der Waals surface area contributed by atoms with E-state index in [4.69, 9.17) is 23.2 Å². The van der Waals surface area contributed by atoms with E-state index in [1.54, 1.807) is 0 Å². The van der Waals surface area contributed by atoms with Crippen LogP contribution in [0, 0.1) is 0 Å². The molecule has 0 amide bonds. The summed E-state index contributed by atoms with van der Waals surface area (Å²) in [4.78, 5) is 7.98. The van der Waals surface area contributed by atoms with Crippen LogP contribution in [0.25, 0.3) is 0 Å². The number of hydrogen-bond acceptors (Lipinski definition) is 3. The first kappa shape index (κ1) is 10.2. The first-order valence-electron chi connectivity index (χ1n) is 4.26. The molecule has 0 fully saturated rings. The molecule has 1 N–H and O–H groups in total. The van der Waals surface area contributed by atoms with Crippen LogP contribution in [0.5, 0.6) is 0 Å². The Hall–Kier alpha value is -1.32. The van der Waals surface area contributed by atoms with E-state index in [-0.39, 0.29) is 5.15 Å². The van der Waals surface area contributed by atoms with Crippen molar-refractivity contribution < 1.29 is 0 Å². The van der Waals surface area contributed by atoms with Crippen LogP contribution in [0.3, 0.4) is 0 Å². The number of nitrogens with one attached hydrogen (secondary N) is 1. The van der Waals surface area contributed by atoms with Crippen LogP contribution in [0.2, 0.25) is 10.2 Å². The molecule has 0 saturated carbocycles. The van der Waals surface area contributed by atoms with Gasteiger partial charge in [0.1, 0.15) is 0 Å². The van der Waals surface area contributed by atoms with Gasteiger partial charge in [-0.15, -0.1) is 0 Å². The Morgan fingerprint density at radius 1 is 1.07 bits per heavy atom. The van der Waals surface area contributed by atoms with Crippen molar-refractivity contribution in [1.29, 1.82) is 0 Å². The van der Waals surface area contributed by atoms with E-state index in [0.29, 0.717) is 11.0 Å². The molecular formula is C10H7Cl2N3. The summed E-state index contributed by atoms with van der Waals surface area (Å²) < 4.78 is 0. The van der Waals surface area contributed by atoms with Gasteiger partial charge in [-0.1, -0.05) is 41.4 Å². The SMILES string of the molecule is Clc1cnc(Nc2ccccc2)nc1Cl. The Labute approximate surface area is 97.1 Å². The highest BCUT2D eigenvalue weighted by Crippen LogP contribution is 2.20. The number of halogens is 2. The summed E-state index contributed by atoms with van der Waals surface area (Å²) in [7, 11) is 0. The van der Waals surface area contributed by atoms with Gasteiger partial charge in [0.05, 0.1) is 11.2 Å². The molecule has 1 heterocycles. The van der Waals surface area contributed by atoms with Crippen molar-refractivity contribution in [3.05, 3.63) is 46.7 Å². The fourth-order valence-corrected chi connectivity index (χ4v) is 1.28. The van der Waals surface area contributed by atoms with E-state index in [9.17, 15) is 0 Å². The lowest BCUT2D eigenvalue weighted by Crippen LogP contribution is -1.96. The minimum atomic E-state index is 0.241. The second-order valence-electron chi connectivity index (χ2n) is 2.82. The van der Waals surface area contributed by atoms with Crippen molar-refractivity contribution >= 4 is 34.8 Å². The minimum absolute atomic E-state index is 0.241. The summed E-state index contributed by atoms with van der Waals surface area (Å²) >= 11 is 11.5. The zero-order valence-electron chi connectivity index (χ0n) is 7.61. The average molecular weight is 240 g/mol. The van der Waals surface area contributed by atoms with Crippen molar-refractivity contribution in [1.82, 2.24) is 9.97 Å². The number of anilines is 2. The van der Waals surface area contributed by atoms with Crippen LogP contribution >= 0.6 is 23.2 Å². The monoisotopic (exact) mass is 239 g/mol. The maximum absolute atomic E-state index is 5.76. The molecule has 2 aromatic rings. The summed E-state index contributed by atoms with van der Waals surface area (Å²) in [5, 5.41) is 3.59. The highest BCUT2D eigenvalue weighted by atomic mass is 35.5. The standard InChI is InChI=1S/C10H7Cl2N3/c11-8-6-13-10(15-9(8)12)14-7-4-2-1-3-5-7/h1-6H,(H,13,14,15). The largest absolute Gasteiger partial charge is 0.324 e. The van der Waals surface area contributed by atoms with Crippen molar-refractivity contribution in [2.75, 3.05) is 5.32 Å². The molecule has 0 radical (unpaired) electrons. The van der Waals surface area contributed by atoms with Gasteiger partial charge in [0.2, 0.25) is 5.95 Å². The highest BCUT2D eigenvalue weighted by Gasteiger charge is 2.02. The fraction of sp³-hybridized carbons (Fsp3) is 0. The van der Waals surface area contributed by atoms with Crippen LogP contribution in [0.4, 0.5) is 11.6 Å². The summed E-state index contributed by atoms with van der Waals surface area (Å²) in [6, 6.07) is 9.58. The average Bonchev–Trinajstić information content (AvgIpc) is 2.25. The summed E-state index contributed by atoms with van der Waals surface area (Å²) in [6.45, 7) is 0. The molecule has 0 aliphatic carbocycles. The predicted molar refractivity (Wildman–Crippen MR) is 61.8 cm³/mol. The maximum Gasteiger partial charge on any atom is 0.228 e. The number of aromatic nitrogens is 2. The van der Waals surface area contributed by atoms with Crippen LogP contribution in [-0.2, 0) is 0 Å². The van der Waals surface area contributed by atoms with Crippen LogP contribution in [0.15, 0.2) is 36.5 Å². The van der Waals surface area contributed by atoms with Gasteiger partial charge in [-0.25, -0.2) is 4.98 Å². The third-order valence-electron chi connectivity index (χ3n) is 1.73. The lowest BCUT2D eigenvalue weighted by molar-refractivity contribution is 1.17. The molecule has 0 unspecified atom stereocenters. The molecule has 2 rings (SSSR count). The molecule has 1 aromatic carbocycles. The Balaban J connectivity index is 2.22. The number of para-hydroxylation sites is 1. The zero-order chi connectivity index (χ0) is 10.7. The van der Waals surface area contributed by atoms with Gasteiger partial charge in [0.15, 0.2) is 5.15 Å². The van der Waals surface area contributed by atoms with Crippen LogP contribution < -0.4 is 5.32 Å². The van der Waals surface area contributed by atoms with Crippen molar-refractivity contribution in [2.24, 2.45) is 0 Å². The smallest absolute Gasteiger partial charge is 0.228 e. The Bertz CT molecular complexity index is 459. The molecule has 0 aliphatic rings. The molecule has 76 valence electrons. The molecule has 5 heteroatoms. The first-order valence-corrected chi connectivity index (χ1v) is 5.01. The normalized spacial score (nSPS) is 10.0. The van der Waals surface area contributed by atoms with E-state index < -0.39 is 0 Å². The van der Waals surface area contributed by atoms with E-state index in [1.807, 2.05) is 30.3 Å². The molecule has 15 heavy (non-hydrogen) atoms. The topological polar surface area (TPSA) is 37.8 Å². The van der Waals surface area contributed by atoms with Gasteiger partial charge in [-0.3, -0.25) is 0 Å². The second-order valence-corrected chi connectivity index (χ2v) is 3.59. The zero-order valence-corrected chi connectivity index (χ0v) is 9.13. The van der Waals surface area contributed by atoms with Crippen LogP contribution in [0.1, 0.15) is 0 Å². The molecule has 1 aromatic heterocycles. The van der Waals surface area contributed by atoms with Crippen molar-refractivity contribution in [3.63, 3.8) is 0 Å². The first-order chi connectivity index (χ1) is 7.25. The third-order valence-corrected chi connectivity index (χ3v) is 2.39. The number of rotatable bonds is 2. The Morgan fingerprint density at radius 2 is 1.80 bits per heavy atom. The van der Waals surface area contributed by atoms with E-state index in [1.165, 1.54) is 6.20 Å². The Kier molecular flexibility index (Phi) is 3.04. The van der Waals surface area contributed by atoms with Crippen molar-refractivity contribution in [2.45, 2.75) is 0 Å². The lowest BCUT2D eigenvalue weighted by atomic mass is 10.3. The number of nitrogens with zero attached hydrogens (tertiary/aromatic N) is 2. The highest BCUT2D eigenvalue weighted by molar-refractivity contribution is 6.41. The summed E-state index contributed by atoms with van der Waals surface area (Å²) in [6.07, 6.45) is 1.46. The van der Waals surface area contributed by atoms with Crippen molar-refractivity contribution in [3.8, 4) is 0 Å². The molecule has 0 saturated heterocycles. The fourth-order valence-electron chi connectivity index (χ4n) is 1.06. The van der Waals surface area contributed by atoms with Gasteiger partial charge in [-0.05, 0) is 12.1 Å². The molecular weight excluding hydrogens is 233 g/mol. The third kappa shape index (κ3) is 2.58. The molecule has 0 aliphatic heterocycles. The van der Waals surface area contributed by atoms with Gasteiger partial charge in [-0.2, -0.15) is 4.98 Å². The molecule has 3 nitrogen and oxygen atoms in total. The number of hydrogen-bond donors (Lipinski definition) is 1. The molecule has 0 atom stereocenters. The maximum atomic E-state index is 5.76. The molecule has 0 spiro atoms. The van der Waals surface area contributed by atoms with E-state index in [2.05, 4.69) is 15.3 Å². The molecule has 0 bridgehead atoms. The van der Waals surface area contributed by atoms with Gasteiger partial charge < -0.3 is 5.32 Å². The van der Waals surface area contributed by atoms with Crippen LogP contribution in [-0.4, -0.2) is 9.97 Å². The summed E-state index contributed by atoms with van der Waals surface area (Å²) in [5.41, 5.74) is 0.899. The minimum Gasteiger partial charge on any atom is -0.324 e. The predicted octanol–water partition coefficient (Wildman–Crippen LogP) is 3.53. The summed E-state index contributed by atoms with van der Waals surface area (Å²) in [5.74, 6) is 0.426. The van der Waals surface area contributed by atoms with Gasteiger partial charge in [0.25, 0.3) is 0 Å². The lowest BCUT2D eigenvalue weighted by Gasteiger charge is -2.04. The number of benzene rings is 1. The van der Waals surface area contributed by atoms with E-state index >= 15 is 0 Å². The van der Waals surface area contributed by atoms with Gasteiger partial charge >= 0.3 is 0 Å². The second kappa shape index (κ2) is 4.47. The van der Waals surface area contributed by atoms with Gasteiger partial charge in [0, 0.05) is 5.69 Å². The Morgan fingerprint density at radius 3 is 2.47 bits per heavy atom.